The van der Waals surface area contributed by atoms with Crippen LogP contribution in [0, 0.1) is 0 Å². The average Bonchev–Trinajstić information content (AvgIpc) is 2.99. The third-order valence-corrected chi connectivity index (χ3v) is 2.60. The molecule has 0 spiro atoms. The zero-order chi connectivity index (χ0) is 10.9. The summed E-state index contributed by atoms with van der Waals surface area (Å²) in [6.07, 6.45) is 3.32. The van der Waals surface area contributed by atoms with Gasteiger partial charge in [0.15, 0.2) is 0 Å². The molecule has 5 nitrogen and oxygen atoms in total. The molecule has 80 valence electrons. The van der Waals surface area contributed by atoms with Crippen LogP contribution in [0.3, 0.4) is 0 Å². The molecule has 15 heavy (non-hydrogen) atoms. The Balaban J connectivity index is 2.07. The van der Waals surface area contributed by atoms with Crippen molar-refractivity contribution >= 4 is 11.7 Å². The number of carbonyl (C=O) groups excluding carboxylic acids is 1. The maximum atomic E-state index is 10.8. The first-order valence-corrected chi connectivity index (χ1v) is 4.80. The summed E-state index contributed by atoms with van der Waals surface area (Å²) >= 11 is 0. The van der Waals surface area contributed by atoms with Crippen molar-refractivity contribution in [2.24, 2.45) is 5.73 Å². The predicted octanol–water partition coefficient (Wildman–Crippen LogP) is 0.117. The van der Waals surface area contributed by atoms with Gasteiger partial charge >= 0.3 is 0 Å². The van der Waals surface area contributed by atoms with Crippen molar-refractivity contribution in [3.8, 4) is 0 Å². The minimum Gasteiger partial charge on any atom is -0.394 e. The molecule has 1 aliphatic rings. The number of hydrogen-bond donors (Lipinski definition) is 3. The smallest absolute Gasteiger partial charge is 0.250 e. The van der Waals surface area contributed by atoms with E-state index in [0.717, 1.165) is 12.8 Å². The summed E-state index contributed by atoms with van der Waals surface area (Å²) in [6, 6.07) is 3.31. The molecule has 1 heterocycles. The fourth-order valence-corrected chi connectivity index (χ4v) is 1.36. The molecule has 1 amide bonds. The lowest BCUT2D eigenvalue weighted by Gasteiger charge is -2.14. The third kappa shape index (κ3) is 2.07. The van der Waals surface area contributed by atoms with Gasteiger partial charge in [-0.1, -0.05) is 0 Å². The lowest BCUT2D eigenvalue weighted by atomic mass is 10.2. The molecule has 1 aromatic heterocycles. The van der Waals surface area contributed by atoms with Crippen LogP contribution in [0.15, 0.2) is 18.3 Å². The van der Waals surface area contributed by atoms with E-state index in [0.29, 0.717) is 11.4 Å². The molecule has 0 radical (unpaired) electrons. The van der Waals surface area contributed by atoms with E-state index in [2.05, 4.69) is 10.3 Å². The molecule has 0 aromatic carbocycles. The Bertz CT molecular complexity index is 371. The first kappa shape index (κ1) is 9.92. The monoisotopic (exact) mass is 207 g/mol. The molecule has 0 aliphatic heterocycles. The van der Waals surface area contributed by atoms with Crippen molar-refractivity contribution in [2.45, 2.75) is 18.4 Å². The summed E-state index contributed by atoms with van der Waals surface area (Å²) in [5, 5.41) is 12.2. The zero-order valence-corrected chi connectivity index (χ0v) is 8.23. The summed E-state index contributed by atoms with van der Waals surface area (Å²) < 4.78 is 0. The van der Waals surface area contributed by atoms with Gasteiger partial charge in [-0.3, -0.25) is 4.79 Å². The Labute approximate surface area is 87.3 Å². The molecule has 0 bridgehead atoms. The highest BCUT2D eigenvalue weighted by Gasteiger charge is 2.42. The number of anilines is 1. The van der Waals surface area contributed by atoms with Gasteiger partial charge in [0.05, 0.1) is 17.7 Å². The highest BCUT2D eigenvalue weighted by Crippen LogP contribution is 2.37. The van der Waals surface area contributed by atoms with Crippen LogP contribution in [0.2, 0.25) is 0 Å². The quantitative estimate of drug-likeness (QED) is 0.654. The van der Waals surface area contributed by atoms with Crippen molar-refractivity contribution < 1.29 is 9.90 Å². The van der Waals surface area contributed by atoms with Crippen LogP contribution >= 0.6 is 0 Å². The van der Waals surface area contributed by atoms with Crippen molar-refractivity contribution in [1.29, 1.82) is 0 Å². The lowest BCUT2D eigenvalue weighted by molar-refractivity contribution is 0.1000. The van der Waals surface area contributed by atoms with Crippen molar-refractivity contribution in [1.82, 2.24) is 4.98 Å². The topological polar surface area (TPSA) is 88.2 Å². The molecule has 1 aromatic rings. The van der Waals surface area contributed by atoms with E-state index in [-0.39, 0.29) is 12.1 Å². The van der Waals surface area contributed by atoms with E-state index < -0.39 is 5.91 Å². The molecule has 0 unspecified atom stereocenters. The molecular weight excluding hydrogens is 194 g/mol. The minimum atomic E-state index is -0.489. The number of nitrogens with two attached hydrogens (primary N) is 1. The number of nitrogens with one attached hydrogen (secondary N) is 1. The van der Waals surface area contributed by atoms with Gasteiger partial charge in [-0.05, 0) is 25.0 Å². The Morgan fingerprint density at radius 1 is 1.60 bits per heavy atom. The molecule has 4 N–H and O–H groups in total. The number of aromatic nitrogens is 1. The number of pyridine rings is 1. The molecule has 5 heteroatoms. The highest BCUT2D eigenvalue weighted by atomic mass is 16.3. The Kier molecular flexibility index (Phi) is 2.32. The van der Waals surface area contributed by atoms with Crippen LogP contribution in [-0.4, -0.2) is 28.1 Å². The van der Waals surface area contributed by atoms with Gasteiger partial charge in [0.25, 0.3) is 0 Å². The molecule has 1 fully saturated rings. The van der Waals surface area contributed by atoms with Crippen LogP contribution in [0.25, 0.3) is 0 Å². The molecule has 2 rings (SSSR count). The number of amides is 1. The molecular formula is C10H13N3O2. The van der Waals surface area contributed by atoms with Crippen molar-refractivity contribution in [3.63, 3.8) is 0 Å². The third-order valence-electron chi connectivity index (χ3n) is 2.60. The predicted molar refractivity (Wildman–Crippen MR) is 55.4 cm³/mol. The fourth-order valence-electron chi connectivity index (χ4n) is 1.36. The van der Waals surface area contributed by atoms with Crippen molar-refractivity contribution in [3.05, 3.63) is 23.9 Å². The van der Waals surface area contributed by atoms with Crippen LogP contribution in [-0.2, 0) is 0 Å². The van der Waals surface area contributed by atoms with Gasteiger partial charge in [0.2, 0.25) is 5.91 Å². The van der Waals surface area contributed by atoms with Gasteiger partial charge in [-0.2, -0.15) is 0 Å². The van der Waals surface area contributed by atoms with E-state index in [4.69, 9.17) is 10.8 Å². The number of aliphatic hydroxyl groups excluding tert-OH is 1. The van der Waals surface area contributed by atoms with Crippen LogP contribution in [0.1, 0.15) is 23.2 Å². The number of carbonyl (C=O) groups is 1. The number of hydrogen-bond acceptors (Lipinski definition) is 4. The Morgan fingerprint density at radius 3 is 2.73 bits per heavy atom. The number of nitrogens with zero attached hydrogens (tertiary/aromatic N) is 1. The van der Waals surface area contributed by atoms with E-state index in [1.165, 1.54) is 6.20 Å². The first-order chi connectivity index (χ1) is 7.15. The fraction of sp³-hybridized carbons (Fsp3) is 0.400. The lowest BCUT2D eigenvalue weighted by Crippen LogP contribution is -2.26. The van der Waals surface area contributed by atoms with Gasteiger partial charge in [-0.25, -0.2) is 4.98 Å². The van der Waals surface area contributed by atoms with Crippen molar-refractivity contribution in [2.75, 3.05) is 11.9 Å². The van der Waals surface area contributed by atoms with Crippen LogP contribution < -0.4 is 11.1 Å². The Hall–Kier alpha value is -1.62. The average molecular weight is 207 g/mol. The second-order valence-corrected chi connectivity index (χ2v) is 3.86. The maximum absolute atomic E-state index is 10.8. The number of primary amides is 1. The zero-order valence-electron chi connectivity index (χ0n) is 8.23. The summed E-state index contributed by atoms with van der Waals surface area (Å²) in [7, 11) is 0. The molecule has 1 aliphatic carbocycles. The van der Waals surface area contributed by atoms with Gasteiger partial charge < -0.3 is 16.2 Å². The number of rotatable bonds is 4. The second-order valence-electron chi connectivity index (χ2n) is 3.86. The molecule has 1 saturated carbocycles. The minimum absolute atomic E-state index is 0.103. The summed E-state index contributed by atoms with van der Waals surface area (Å²) in [4.78, 5) is 14.8. The second kappa shape index (κ2) is 3.51. The molecule has 0 saturated heterocycles. The standard InChI is InChI=1S/C10H13N3O2/c11-9(15)7-1-2-8(12-5-7)13-10(6-14)3-4-10/h1-2,5,14H,3-4,6H2,(H2,11,15)(H,12,13). The summed E-state index contributed by atoms with van der Waals surface area (Å²) in [6.45, 7) is 0.103. The van der Waals surface area contributed by atoms with Gasteiger partial charge in [0.1, 0.15) is 5.82 Å². The Morgan fingerprint density at radius 2 is 2.33 bits per heavy atom. The number of aliphatic hydroxyl groups is 1. The maximum Gasteiger partial charge on any atom is 0.250 e. The van der Waals surface area contributed by atoms with Gasteiger partial charge in [0, 0.05) is 6.20 Å². The van der Waals surface area contributed by atoms with Crippen LogP contribution in [0.5, 0.6) is 0 Å². The van der Waals surface area contributed by atoms with E-state index in [1.54, 1.807) is 12.1 Å². The van der Waals surface area contributed by atoms with E-state index in [1.807, 2.05) is 0 Å². The first-order valence-electron chi connectivity index (χ1n) is 4.80. The van der Waals surface area contributed by atoms with Gasteiger partial charge in [-0.15, -0.1) is 0 Å². The highest BCUT2D eigenvalue weighted by molar-refractivity contribution is 5.92. The normalized spacial score (nSPS) is 17.1. The SMILES string of the molecule is NC(=O)c1ccc(NC2(CO)CC2)nc1. The van der Waals surface area contributed by atoms with Crippen LogP contribution in [0.4, 0.5) is 5.82 Å². The largest absolute Gasteiger partial charge is 0.394 e. The molecule has 0 atom stereocenters. The van der Waals surface area contributed by atoms with E-state index >= 15 is 0 Å². The summed E-state index contributed by atoms with van der Waals surface area (Å²) in [5.41, 5.74) is 5.28. The summed E-state index contributed by atoms with van der Waals surface area (Å²) in [5.74, 6) is 0.170. The van der Waals surface area contributed by atoms with E-state index in [9.17, 15) is 4.79 Å².